The van der Waals surface area contributed by atoms with E-state index in [0.29, 0.717) is 10.0 Å². The number of nitrogens with zero attached hydrogens (tertiary/aromatic N) is 1. The highest BCUT2D eigenvalue weighted by Crippen LogP contribution is 2.32. The van der Waals surface area contributed by atoms with Crippen molar-refractivity contribution in [2.75, 3.05) is 31.1 Å². The van der Waals surface area contributed by atoms with Crippen molar-refractivity contribution >= 4 is 28.9 Å². The first kappa shape index (κ1) is 14.6. The first-order valence-corrected chi connectivity index (χ1v) is 6.86. The van der Waals surface area contributed by atoms with Gasteiger partial charge in [0.1, 0.15) is 0 Å². The molecular weight excluding hydrogens is 255 g/mol. The third-order valence-electron chi connectivity index (χ3n) is 2.39. The van der Waals surface area contributed by atoms with Gasteiger partial charge in [-0.25, -0.2) is 0 Å². The highest BCUT2D eigenvalue weighted by Gasteiger charge is 2.14. The minimum Gasteiger partial charge on any atom is -0.368 e. The lowest BCUT2D eigenvalue weighted by Crippen LogP contribution is -2.43. The van der Waals surface area contributed by atoms with Crippen molar-refractivity contribution < 1.29 is 0 Å². The van der Waals surface area contributed by atoms with Gasteiger partial charge in [0.15, 0.2) is 0 Å². The van der Waals surface area contributed by atoms with Gasteiger partial charge in [0, 0.05) is 26.2 Å². The van der Waals surface area contributed by atoms with Crippen LogP contribution in [-0.4, -0.2) is 26.2 Å². The lowest BCUT2D eigenvalue weighted by Gasteiger charge is -2.30. The van der Waals surface area contributed by atoms with Gasteiger partial charge in [-0.2, -0.15) is 0 Å². The summed E-state index contributed by atoms with van der Waals surface area (Å²) in [6.45, 7) is 8.23. The van der Waals surface area contributed by atoms with Gasteiger partial charge in [0.05, 0.1) is 15.7 Å². The van der Waals surface area contributed by atoms with E-state index in [-0.39, 0.29) is 0 Å². The van der Waals surface area contributed by atoms with E-state index in [2.05, 4.69) is 24.1 Å². The van der Waals surface area contributed by atoms with Crippen LogP contribution in [0.2, 0.25) is 10.0 Å². The molecule has 1 saturated heterocycles. The number of hydrogen-bond donors (Lipinski definition) is 1. The molecule has 1 aliphatic heterocycles. The van der Waals surface area contributed by atoms with Gasteiger partial charge < -0.3 is 10.2 Å². The number of nitrogens with one attached hydrogen (secondary N) is 1. The van der Waals surface area contributed by atoms with Crippen LogP contribution in [0.25, 0.3) is 0 Å². The summed E-state index contributed by atoms with van der Waals surface area (Å²) in [7, 11) is 0. The Hall–Kier alpha value is -0.440. The Kier molecular flexibility index (Phi) is 6.71. The van der Waals surface area contributed by atoms with E-state index in [9.17, 15) is 0 Å². The Bertz CT molecular complexity index is 336. The number of benzene rings is 1. The van der Waals surface area contributed by atoms with E-state index in [1.165, 1.54) is 6.42 Å². The van der Waals surface area contributed by atoms with Crippen LogP contribution >= 0.6 is 23.2 Å². The van der Waals surface area contributed by atoms with Crippen molar-refractivity contribution in [3.8, 4) is 0 Å². The van der Waals surface area contributed by atoms with Crippen LogP contribution in [0.1, 0.15) is 20.3 Å². The molecule has 0 radical (unpaired) electrons. The van der Waals surface area contributed by atoms with Crippen LogP contribution in [0.15, 0.2) is 18.2 Å². The molecule has 1 fully saturated rings. The van der Waals surface area contributed by atoms with E-state index in [1.54, 1.807) is 0 Å². The molecule has 0 amide bonds. The third kappa shape index (κ3) is 4.38. The second-order valence-electron chi connectivity index (χ2n) is 4.02. The van der Waals surface area contributed by atoms with Crippen molar-refractivity contribution in [1.29, 1.82) is 0 Å². The average molecular weight is 275 g/mol. The summed E-state index contributed by atoms with van der Waals surface area (Å²) in [5.41, 5.74) is 1.04. The first-order chi connectivity index (χ1) is 8.20. The SMILES string of the molecule is CCC.Clc1cccc(N2CCNCC2)c1Cl. The van der Waals surface area contributed by atoms with Crippen LogP contribution in [0, 0.1) is 0 Å². The number of rotatable bonds is 1. The summed E-state index contributed by atoms with van der Waals surface area (Å²) in [6.07, 6.45) is 1.25. The molecule has 1 aliphatic rings. The molecule has 96 valence electrons. The summed E-state index contributed by atoms with van der Waals surface area (Å²) in [5.74, 6) is 0. The molecule has 1 heterocycles. The van der Waals surface area contributed by atoms with Gasteiger partial charge in [0.2, 0.25) is 0 Å². The Balaban J connectivity index is 0.000000437. The van der Waals surface area contributed by atoms with E-state index in [4.69, 9.17) is 23.2 Å². The summed E-state index contributed by atoms with van der Waals surface area (Å²) < 4.78 is 0. The Morgan fingerprint density at radius 1 is 1.18 bits per heavy atom. The van der Waals surface area contributed by atoms with Gasteiger partial charge in [-0.05, 0) is 12.1 Å². The second kappa shape index (κ2) is 7.80. The molecule has 0 spiro atoms. The molecule has 17 heavy (non-hydrogen) atoms. The molecule has 0 aliphatic carbocycles. The molecular formula is C13H20Cl2N2. The van der Waals surface area contributed by atoms with E-state index >= 15 is 0 Å². The maximum atomic E-state index is 6.13. The Labute approximate surface area is 114 Å². The smallest absolute Gasteiger partial charge is 0.0825 e. The molecule has 1 N–H and O–H groups in total. The zero-order valence-electron chi connectivity index (χ0n) is 10.5. The fourth-order valence-corrected chi connectivity index (χ4v) is 2.06. The van der Waals surface area contributed by atoms with Crippen LogP contribution in [0.5, 0.6) is 0 Å². The van der Waals surface area contributed by atoms with Crippen LogP contribution in [0.4, 0.5) is 5.69 Å². The molecule has 0 saturated carbocycles. The molecule has 0 unspecified atom stereocenters. The van der Waals surface area contributed by atoms with Gasteiger partial charge in [-0.3, -0.25) is 0 Å². The molecule has 0 atom stereocenters. The number of hydrogen-bond acceptors (Lipinski definition) is 2. The fraction of sp³-hybridized carbons (Fsp3) is 0.538. The van der Waals surface area contributed by atoms with Crippen LogP contribution < -0.4 is 10.2 Å². The largest absolute Gasteiger partial charge is 0.368 e. The standard InChI is InChI=1S/C10H12Cl2N2.C3H8/c11-8-2-1-3-9(10(8)12)14-6-4-13-5-7-14;1-3-2/h1-3,13H,4-7H2;3H2,1-2H3. The quantitative estimate of drug-likeness (QED) is 0.838. The molecule has 0 aromatic heterocycles. The van der Waals surface area contributed by atoms with Crippen molar-refractivity contribution in [3.05, 3.63) is 28.2 Å². The van der Waals surface area contributed by atoms with E-state index in [0.717, 1.165) is 31.9 Å². The molecule has 2 nitrogen and oxygen atoms in total. The molecule has 1 aromatic carbocycles. The lowest BCUT2D eigenvalue weighted by atomic mass is 10.2. The van der Waals surface area contributed by atoms with Crippen molar-refractivity contribution in [3.63, 3.8) is 0 Å². The second-order valence-corrected chi connectivity index (χ2v) is 4.80. The molecule has 1 aromatic rings. The maximum absolute atomic E-state index is 6.13. The van der Waals surface area contributed by atoms with Crippen LogP contribution in [0.3, 0.4) is 0 Å². The normalized spacial score (nSPS) is 15.2. The highest BCUT2D eigenvalue weighted by molar-refractivity contribution is 6.43. The number of piperazine rings is 1. The Morgan fingerprint density at radius 3 is 2.35 bits per heavy atom. The van der Waals surface area contributed by atoms with E-state index < -0.39 is 0 Å². The Morgan fingerprint density at radius 2 is 1.76 bits per heavy atom. The summed E-state index contributed by atoms with van der Waals surface area (Å²) in [4.78, 5) is 2.25. The number of anilines is 1. The molecule has 4 heteroatoms. The van der Waals surface area contributed by atoms with Crippen molar-refractivity contribution in [2.24, 2.45) is 0 Å². The summed E-state index contributed by atoms with van der Waals surface area (Å²) >= 11 is 12.1. The van der Waals surface area contributed by atoms with E-state index in [1.807, 2.05) is 18.2 Å². The topological polar surface area (TPSA) is 15.3 Å². The summed E-state index contributed by atoms with van der Waals surface area (Å²) in [5, 5.41) is 4.59. The van der Waals surface area contributed by atoms with Crippen molar-refractivity contribution in [1.82, 2.24) is 5.32 Å². The minimum absolute atomic E-state index is 0.627. The van der Waals surface area contributed by atoms with Crippen LogP contribution in [-0.2, 0) is 0 Å². The monoisotopic (exact) mass is 274 g/mol. The predicted octanol–water partition coefficient (Wildman–Crippen LogP) is 3.82. The summed E-state index contributed by atoms with van der Waals surface area (Å²) in [6, 6.07) is 5.76. The van der Waals surface area contributed by atoms with Crippen molar-refractivity contribution in [2.45, 2.75) is 20.3 Å². The third-order valence-corrected chi connectivity index (χ3v) is 3.20. The minimum atomic E-state index is 0.627. The fourth-order valence-electron chi connectivity index (χ4n) is 1.64. The van der Waals surface area contributed by atoms with Gasteiger partial charge in [-0.15, -0.1) is 0 Å². The predicted molar refractivity (Wildman–Crippen MR) is 77.5 cm³/mol. The molecule has 2 rings (SSSR count). The number of halogens is 2. The first-order valence-electron chi connectivity index (χ1n) is 6.10. The average Bonchev–Trinajstić information content (AvgIpc) is 2.35. The van der Waals surface area contributed by atoms with Gasteiger partial charge in [-0.1, -0.05) is 49.5 Å². The molecule has 0 bridgehead atoms. The highest BCUT2D eigenvalue weighted by atomic mass is 35.5. The lowest BCUT2D eigenvalue weighted by molar-refractivity contribution is 0.589. The van der Waals surface area contributed by atoms with Gasteiger partial charge >= 0.3 is 0 Å². The zero-order valence-corrected chi connectivity index (χ0v) is 12.0. The maximum Gasteiger partial charge on any atom is 0.0825 e. The van der Waals surface area contributed by atoms with Gasteiger partial charge in [0.25, 0.3) is 0 Å². The zero-order chi connectivity index (χ0) is 12.7.